The summed E-state index contributed by atoms with van der Waals surface area (Å²) in [5.41, 5.74) is 3.24. The molecule has 114 valence electrons. The molecule has 1 N–H and O–H groups in total. The smallest absolute Gasteiger partial charge is 0.307 e. The van der Waals surface area contributed by atoms with Gasteiger partial charge in [-0.3, -0.25) is 19.6 Å². The number of carbonyl (C=O) groups is 1. The van der Waals surface area contributed by atoms with Gasteiger partial charge in [-0.2, -0.15) is 5.10 Å². The van der Waals surface area contributed by atoms with Crippen molar-refractivity contribution >= 4 is 17.3 Å². The van der Waals surface area contributed by atoms with Crippen molar-refractivity contribution in [3.05, 3.63) is 51.8 Å². The van der Waals surface area contributed by atoms with Crippen molar-refractivity contribution in [2.75, 3.05) is 5.32 Å². The molecule has 0 spiro atoms. The molecule has 0 saturated carbocycles. The molecule has 3 rings (SSSR count). The minimum absolute atomic E-state index is 0.128. The molecule has 7 heteroatoms. The van der Waals surface area contributed by atoms with Gasteiger partial charge in [-0.1, -0.05) is 6.07 Å². The molecule has 2 aromatic rings. The highest BCUT2D eigenvalue weighted by Gasteiger charge is 2.20. The Kier molecular flexibility index (Phi) is 3.62. The Balaban J connectivity index is 1.71. The summed E-state index contributed by atoms with van der Waals surface area (Å²) in [7, 11) is 0. The molecule has 0 unspecified atom stereocenters. The highest BCUT2D eigenvalue weighted by atomic mass is 16.6. The first-order chi connectivity index (χ1) is 10.5. The summed E-state index contributed by atoms with van der Waals surface area (Å²) >= 11 is 0. The van der Waals surface area contributed by atoms with Gasteiger partial charge in [-0.15, -0.1) is 0 Å². The van der Waals surface area contributed by atoms with Crippen molar-refractivity contribution in [1.82, 2.24) is 9.78 Å². The molecule has 1 aliphatic carbocycles. The number of aromatic nitrogens is 2. The van der Waals surface area contributed by atoms with E-state index in [1.165, 1.54) is 22.0 Å². The minimum Gasteiger partial charge on any atom is -0.324 e. The van der Waals surface area contributed by atoms with Gasteiger partial charge >= 0.3 is 5.69 Å². The first-order valence-electron chi connectivity index (χ1n) is 7.16. The van der Waals surface area contributed by atoms with Crippen molar-refractivity contribution in [1.29, 1.82) is 0 Å². The summed E-state index contributed by atoms with van der Waals surface area (Å²) in [5.74, 6) is -0.254. The van der Waals surface area contributed by atoms with E-state index in [1.54, 1.807) is 6.92 Å². The quantitative estimate of drug-likeness (QED) is 0.693. The zero-order chi connectivity index (χ0) is 15.7. The molecule has 1 aliphatic rings. The minimum atomic E-state index is -0.623. The summed E-state index contributed by atoms with van der Waals surface area (Å²) in [6.45, 7) is 1.65. The summed E-state index contributed by atoms with van der Waals surface area (Å²) in [6.07, 6.45) is 5.68. The van der Waals surface area contributed by atoms with E-state index in [0.717, 1.165) is 31.1 Å². The second kappa shape index (κ2) is 5.59. The van der Waals surface area contributed by atoms with Crippen LogP contribution in [0.3, 0.4) is 0 Å². The molecule has 0 bridgehead atoms. The summed E-state index contributed by atoms with van der Waals surface area (Å²) < 4.78 is 1.29. The van der Waals surface area contributed by atoms with Gasteiger partial charge < -0.3 is 5.32 Å². The fourth-order valence-electron chi connectivity index (χ4n) is 2.65. The predicted molar refractivity (Wildman–Crippen MR) is 80.7 cm³/mol. The van der Waals surface area contributed by atoms with Gasteiger partial charge in [0.1, 0.15) is 18.4 Å². The lowest BCUT2D eigenvalue weighted by molar-refractivity contribution is -0.385. The van der Waals surface area contributed by atoms with E-state index in [2.05, 4.69) is 10.4 Å². The van der Waals surface area contributed by atoms with Crippen LogP contribution in [-0.2, 0) is 17.6 Å². The third-order valence-electron chi connectivity index (χ3n) is 3.94. The first kappa shape index (κ1) is 14.2. The fraction of sp³-hybridized carbons (Fsp3) is 0.333. The van der Waals surface area contributed by atoms with Crippen molar-refractivity contribution in [2.24, 2.45) is 0 Å². The predicted octanol–water partition coefficient (Wildman–Crippen LogP) is 2.48. The molecule has 1 atom stereocenters. The Morgan fingerprint density at radius 1 is 1.41 bits per heavy atom. The number of benzene rings is 1. The van der Waals surface area contributed by atoms with Crippen LogP contribution in [0.1, 0.15) is 30.5 Å². The standard InChI is InChI=1S/C15H16N4O3/c1-10(18-9-14(8-16-18)19(21)22)15(20)17-13-6-5-11-3-2-4-12(11)7-13/h5-10H,2-4H2,1H3,(H,17,20)/t10-/m1/s1. The molecule has 7 nitrogen and oxygen atoms in total. The van der Waals surface area contributed by atoms with Gasteiger partial charge in [0.2, 0.25) is 5.91 Å². The summed E-state index contributed by atoms with van der Waals surface area (Å²) in [5, 5.41) is 17.4. The zero-order valence-corrected chi connectivity index (χ0v) is 12.2. The van der Waals surface area contributed by atoms with Crippen LogP contribution in [-0.4, -0.2) is 20.6 Å². The lowest BCUT2D eigenvalue weighted by atomic mass is 10.1. The molecule has 1 amide bonds. The number of carbonyl (C=O) groups excluding carboxylic acids is 1. The van der Waals surface area contributed by atoms with Gasteiger partial charge in [-0.05, 0) is 49.4 Å². The van der Waals surface area contributed by atoms with Crippen LogP contribution in [0.4, 0.5) is 11.4 Å². The number of hydrogen-bond donors (Lipinski definition) is 1. The number of anilines is 1. The molecule has 0 saturated heterocycles. The summed E-state index contributed by atoms with van der Waals surface area (Å²) in [4.78, 5) is 22.4. The molecular formula is C15H16N4O3. The van der Waals surface area contributed by atoms with Gasteiger partial charge in [0.25, 0.3) is 0 Å². The van der Waals surface area contributed by atoms with Gasteiger partial charge in [0, 0.05) is 5.69 Å². The molecule has 0 radical (unpaired) electrons. The SMILES string of the molecule is C[C@H](C(=O)Nc1ccc2c(c1)CCC2)n1cc([N+](=O)[O-])cn1. The number of hydrogen-bond acceptors (Lipinski definition) is 4. The maximum absolute atomic E-state index is 12.3. The fourth-order valence-corrected chi connectivity index (χ4v) is 2.65. The number of aryl methyl sites for hydroxylation is 2. The van der Waals surface area contributed by atoms with Crippen LogP contribution in [0.2, 0.25) is 0 Å². The number of amides is 1. The van der Waals surface area contributed by atoms with Crippen LogP contribution in [0.25, 0.3) is 0 Å². The molecular weight excluding hydrogens is 284 g/mol. The van der Waals surface area contributed by atoms with E-state index in [9.17, 15) is 14.9 Å². The monoisotopic (exact) mass is 300 g/mol. The van der Waals surface area contributed by atoms with E-state index in [0.29, 0.717) is 0 Å². The molecule has 1 heterocycles. The van der Waals surface area contributed by atoms with Crippen molar-refractivity contribution in [3.63, 3.8) is 0 Å². The topological polar surface area (TPSA) is 90.1 Å². The third kappa shape index (κ3) is 2.69. The summed E-state index contributed by atoms with van der Waals surface area (Å²) in [6, 6.07) is 5.31. The highest BCUT2D eigenvalue weighted by molar-refractivity contribution is 5.93. The van der Waals surface area contributed by atoms with Crippen molar-refractivity contribution in [2.45, 2.75) is 32.2 Å². The first-order valence-corrected chi connectivity index (χ1v) is 7.16. The normalized spacial score (nSPS) is 14.4. The lowest BCUT2D eigenvalue weighted by Gasteiger charge is -2.13. The van der Waals surface area contributed by atoms with E-state index < -0.39 is 11.0 Å². The van der Waals surface area contributed by atoms with Crippen LogP contribution in [0.15, 0.2) is 30.6 Å². The highest BCUT2D eigenvalue weighted by Crippen LogP contribution is 2.25. The molecule has 0 aliphatic heterocycles. The van der Waals surface area contributed by atoms with Crippen molar-refractivity contribution < 1.29 is 9.72 Å². The Labute approximate surface area is 127 Å². The largest absolute Gasteiger partial charge is 0.324 e. The third-order valence-corrected chi connectivity index (χ3v) is 3.94. The number of rotatable bonds is 4. The number of nitrogens with one attached hydrogen (secondary N) is 1. The average molecular weight is 300 g/mol. The zero-order valence-electron chi connectivity index (χ0n) is 12.2. The van der Waals surface area contributed by atoms with Crippen LogP contribution in [0.5, 0.6) is 0 Å². The van der Waals surface area contributed by atoms with Crippen LogP contribution < -0.4 is 5.32 Å². The van der Waals surface area contributed by atoms with E-state index in [-0.39, 0.29) is 11.6 Å². The van der Waals surface area contributed by atoms with Crippen LogP contribution >= 0.6 is 0 Å². The van der Waals surface area contributed by atoms with E-state index in [4.69, 9.17) is 0 Å². The second-order valence-corrected chi connectivity index (χ2v) is 5.44. The Hall–Kier alpha value is -2.70. The molecule has 22 heavy (non-hydrogen) atoms. The Morgan fingerprint density at radius 2 is 2.18 bits per heavy atom. The molecule has 0 fully saturated rings. The molecule has 1 aromatic heterocycles. The van der Waals surface area contributed by atoms with Gasteiger partial charge in [0.05, 0.1) is 4.92 Å². The Morgan fingerprint density at radius 3 is 2.91 bits per heavy atom. The van der Waals surface area contributed by atoms with Crippen molar-refractivity contribution in [3.8, 4) is 0 Å². The second-order valence-electron chi connectivity index (χ2n) is 5.44. The average Bonchev–Trinajstić information content (AvgIpc) is 3.15. The molecule has 1 aromatic carbocycles. The number of nitrogens with zero attached hydrogens (tertiary/aromatic N) is 3. The van der Waals surface area contributed by atoms with Gasteiger partial charge in [0.15, 0.2) is 0 Å². The Bertz CT molecular complexity index is 738. The maximum Gasteiger partial charge on any atom is 0.307 e. The maximum atomic E-state index is 12.3. The number of fused-ring (bicyclic) bond motifs is 1. The van der Waals surface area contributed by atoms with E-state index in [1.807, 2.05) is 18.2 Å². The number of nitro groups is 1. The van der Waals surface area contributed by atoms with Crippen LogP contribution in [0, 0.1) is 10.1 Å². The van der Waals surface area contributed by atoms with Gasteiger partial charge in [-0.25, -0.2) is 0 Å². The van der Waals surface area contributed by atoms with E-state index >= 15 is 0 Å². The lowest BCUT2D eigenvalue weighted by Crippen LogP contribution is -2.24.